The molecule has 126 valence electrons. The number of rotatable bonds is 3. The number of carbonyl (C=O) groups excluding carboxylic acids is 1. The van der Waals surface area contributed by atoms with Crippen molar-refractivity contribution in [3.05, 3.63) is 52.7 Å². The third-order valence-electron chi connectivity index (χ3n) is 3.81. The second-order valence-corrected chi connectivity index (χ2v) is 5.63. The number of primary amides is 1. The molecule has 5 nitrogen and oxygen atoms in total. The Labute approximate surface area is 136 Å². The number of benzene rings is 1. The zero-order valence-electron chi connectivity index (χ0n) is 12.8. The van der Waals surface area contributed by atoms with Crippen molar-refractivity contribution < 1.29 is 18.0 Å². The fourth-order valence-electron chi connectivity index (χ4n) is 2.75. The Hall–Kier alpha value is -2.77. The van der Waals surface area contributed by atoms with E-state index in [0.29, 0.717) is 29.2 Å². The lowest BCUT2D eigenvalue weighted by Gasteiger charge is -2.23. The number of nitrogens with one attached hydrogen (secondary N) is 1. The molecule has 3 rings (SSSR count). The third kappa shape index (κ3) is 2.86. The molecular weight excluding hydrogens is 321 g/mol. The molecule has 0 atom stereocenters. The monoisotopic (exact) mass is 336 g/mol. The lowest BCUT2D eigenvalue weighted by Crippen LogP contribution is -2.21. The summed E-state index contributed by atoms with van der Waals surface area (Å²) in [4.78, 5) is 11.1. The first-order valence-electron chi connectivity index (χ1n) is 7.24. The molecule has 1 amide bonds. The first-order chi connectivity index (χ1) is 11.3. The number of hydrogen-bond acceptors (Lipinski definition) is 3. The number of fused-ring (bicyclic) bond motifs is 1. The van der Waals surface area contributed by atoms with Gasteiger partial charge in [-0.15, -0.1) is 0 Å². The van der Waals surface area contributed by atoms with Crippen molar-refractivity contribution in [2.75, 3.05) is 11.9 Å². The number of anilines is 1. The number of carbonyl (C=O) groups is 1. The molecule has 1 aromatic carbocycles. The van der Waals surface area contributed by atoms with Gasteiger partial charge in [-0.25, -0.2) is 4.68 Å². The summed E-state index contributed by atoms with van der Waals surface area (Å²) in [5.41, 5.74) is 6.94. The molecule has 0 spiro atoms. The summed E-state index contributed by atoms with van der Waals surface area (Å²) in [5.74, 6) is 0.0753. The first-order valence-corrected chi connectivity index (χ1v) is 7.24. The van der Waals surface area contributed by atoms with E-state index in [1.807, 2.05) is 6.92 Å². The van der Waals surface area contributed by atoms with Crippen LogP contribution in [0.3, 0.4) is 0 Å². The van der Waals surface area contributed by atoms with Crippen molar-refractivity contribution in [1.29, 1.82) is 0 Å². The Morgan fingerprint density at radius 2 is 2.17 bits per heavy atom. The zero-order valence-corrected chi connectivity index (χ0v) is 12.8. The predicted molar refractivity (Wildman–Crippen MR) is 83.1 cm³/mol. The molecule has 1 aromatic heterocycles. The summed E-state index contributed by atoms with van der Waals surface area (Å²) in [5, 5.41) is 7.34. The van der Waals surface area contributed by atoms with Crippen LogP contribution in [0.1, 0.15) is 23.6 Å². The van der Waals surface area contributed by atoms with E-state index >= 15 is 0 Å². The molecule has 24 heavy (non-hydrogen) atoms. The lowest BCUT2D eigenvalue weighted by molar-refractivity contribution is -0.137. The van der Waals surface area contributed by atoms with Gasteiger partial charge in [-0.2, -0.15) is 18.3 Å². The summed E-state index contributed by atoms with van der Waals surface area (Å²) in [6, 6.07) is 5.11. The minimum atomic E-state index is -4.42. The number of halogens is 3. The summed E-state index contributed by atoms with van der Waals surface area (Å²) >= 11 is 0. The smallest absolute Gasteiger partial charge is 0.369 e. The van der Waals surface area contributed by atoms with E-state index in [-0.39, 0.29) is 6.42 Å². The topological polar surface area (TPSA) is 72.9 Å². The summed E-state index contributed by atoms with van der Waals surface area (Å²) in [7, 11) is 0. The molecule has 0 aliphatic carbocycles. The Morgan fingerprint density at radius 1 is 1.42 bits per heavy atom. The Morgan fingerprint density at radius 3 is 2.83 bits per heavy atom. The molecule has 2 aromatic rings. The van der Waals surface area contributed by atoms with Crippen molar-refractivity contribution in [3.63, 3.8) is 0 Å². The molecule has 1 aliphatic rings. The van der Waals surface area contributed by atoms with Crippen molar-refractivity contribution in [2.24, 2.45) is 5.73 Å². The van der Waals surface area contributed by atoms with Crippen LogP contribution in [0.4, 0.5) is 19.0 Å². The molecule has 0 saturated heterocycles. The second kappa shape index (κ2) is 5.70. The molecule has 8 heteroatoms. The number of hydrogen-bond donors (Lipinski definition) is 2. The van der Waals surface area contributed by atoms with Gasteiger partial charge in [0.05, 0.1) is 23.9 Å². The maximum atomic E-state index is 13.0. The molecule has 3 N–H and O–H groups in total. The zero-order chi connectivity index (χ0) is 17.5. The van der Waals surface area contributed by atoms with Gasteiger partial charge in [0, 0.05) is 17.7 Å². The minimum absolute atomic E-state index is 0.0112. The van der Waals surface area contributed by atoms with Gasteiger partial charge in [0.1, 0.15) is 5.82 Å². The maximum absolute atomic E-state index is 13.0. The van der Waals surface area contributed by atoms with Crippen LogP contribution in [0.5, 0.6) is 0 Å². The first kappa shape index (κ1) is 16.1. The third-order valence-corrected chi connectivity index (χ3v) is 3.81. The fraction of sp³-hybridized carbons (Fsp3) is 0.250. The molecule has 0 bridgehead atoms. The quantitative estimate of drug-likeness (QED) is 0.905. The van der Waals surface area contributed by atoms with Crippen LogP contribution in [-0.4, -0.2) is 22.2 Å². The lowest BCUT2D eigenvalue weighted by atomic mass is 10.0. The van der Waals surface area contributed by atoms with Crippen LogP contribution in [0.25, 0.3) is 5.70 Å². The molecule has 0 unspecified atom stereocenters. The fourth-order valence-corrected chi connectivity index (χ4v) is 2.75. The van der Waals surface area contributed by atoms with E-state index in [0.717, 1.165) is 17.7 Å². The molecule has 0 saturated carbocycles. The van der Waals surface area contributed by atoms with Crippen molar-refractivity contribution in [2.45, 2.75) is 19.5 Å². The van der Waals surface area contributed by atoms with Crippen LogP contribution in [-0.2, 0) is 17.4 Å². The van der Waals surface area contributed by atoms with Crippen LogP contribution >= 0.6 is 0 Å². The van der Waals surface area contributed by atoms with Crippen LogP contribution in [0.2, 0.25) is 0 Å². The van der Waals surface area contributed by atoms with E-state index in [2.05, 4.69) is 10.4 Å². The van der Waals surface area contributed by atoms with Gasteiger partial charge in [-0.3, -0.25) is 4.79 Å². The van der Waals surface area contributed by atoms with Gasteiger partial charge in [0.15, 0.2) is 0 Å². The second-order valence-electron chi connectivity index (χ2n) is 5.63. The summed E-state index contributed by atoms with van der Waals surface area (Å²) < 4.78 is 40.4. The standard InChI is InChI=1S/C16H15F3N4O/c1-9-7-21-15-11(6-13(20)24)8-22-23(15)14(9)10-3-2-4-12(5-10)16(17,18)19/h2-5,8,21H,6-7H2,1H3,(H2,20,24). The van der Waals surface area contributed by atoms with E-state index < -0.39 is 17.6 Å². The highest BCUT2D eigenvalue weighted by Crippen LogP contribution is 2.34. The summed E-state index contributed by atoms with van der Waals surface area (Å²) in [6.45, 7) is 2.27. The minimum Gasteiger partial charge on any atom is -0.369 e. The Balaban J connectivity index is 2.09. The highest BCUT2D eigenvalue weighted by molar-refractivity contribution is 5.81. The summed E-state index contributed by atoms with van der Waals surface area (Å²) in [6.07, 6.45) is -2.90. The highest BCUT2D eigenvalue weighted by atomic mass is 19.4. The van der Waals surface area contributed by atoms with E-state index in [1.165, 1.54) is 16.9 Å². The van der Waals surface area contributed by atoms with E-state index in [1.54, 1.807) is 6.07 Å². The Kier molecular flexibility index (Phi) is 3.82. The highest BCUT2D eigenvalue weighted by Gasteiger charge is 2.31. The molecule has 0 fully saturated rings. The van der Waals surface area contributed by atoms with E-state index in [4.69, 9.17) is 5.73 Å². The number of alkyl halides is 3. The Bertz CT molecular complexity index is 836. The average molecular weight is 336 g/mol. The largest absolute Gasteiger partial charge is 0.416 e. The van der Waals surface area contributed by atoms with Gasteiger partial charge in [-0.05, 0) is 24.6 Å². The van der Waals surface area contributed by atoms with Gasteiger partial charge in [0.2, 0.25) is 5.91 Å². The number of nitrogens with zero attached hydrogens (tertiary/aromatic N) is 2. The molecule has 0 radical (unpaired) electrons. The predicted octanol–water partition coefficient (Wildman–Crippen LogP) is 2.63. The molecular formula is C16H15F3N4O. The number of nitrogens with two attached hydrogens (primary N) is 1. The maximum Gasteiger partial charge on any atom is 0.416 e. The van der Waals surface area contributed by atoms with Crippen molar-refractivity contribution >= 4 is 17.4 Å². The van der Waals surface area contributed by atoms with Gasteiger partial charge in [-0.1, -0.05) is 12.1 Å². The van der Waals surface area contributed by atoms with Crippen LogP contribution < -0.4 is 11.1 Å². The van der Waals surface area contributed by atoms with E-state index in [9.17, 15) is 18.0 Å². The van der Waals surface area contributed by atoms with Crippen molar-refractivity contribution in [1.82, 2.24) is 9.78 Å². The van der Waals surface area contributed by atoms with Crippen molar-refractivity contribution in [3.8, 4) is 0 Å². The number of amides is 1. The normalized spacial score (nSPS) is 14.3. The van der Waals surface area contributed by atoms with Crippen LogP contribution in [0, 0.1) is 0 Å². The van der Waals surface area contributed by atoms with Gasteiger partial charge in [0.25, 0.3) is 0 Å². The van der Waals surface area contributed by atoms with Gasteiger partial charge < -0.3 is 11.1 Å². The molecule has 1 aliphatic heterocycles. The van der Waals surface area contributed by atoms with Crippen LogP contribution in [0.15, 0.2) is 36.0 Å². The molecule has 2 heterocycles. The number of aromatic nitrogens is 2. The SMILES string of the molecule is CC1=C(c2cccc(C(F)(F)F)c2)n2ncc(CC(N)=O)c2NC1. The average Bonchev–Trinajstić information content (AvgIpc) is 2.88. The van der Waals surface area contributed by atoms with Gasteiger partial charge >= 0.3 is 6.18 Å².